The fourth-order valence-electron chi connectivity index (χ4n) is 2.59. The van der Waals surface area contributed by atoms with Crippen molar-refractivity contribution in [3.63, 3.8) is 0 Å². The van der Waals surface area contributed by atoms with Gasteiger partial charge < -0.3 is 15.4 Å². The van der Waals surface area contributed by atoms with Gasteiger partial charge in [-0.2, -0.15) is 0 Å². The van der Waals surface area contributed by atoms with Crippen LogP contribution < -0.4 is 10.5 Å². The molecule has 1 amide bonds. The second-order valence-electron chi connectivity index (χ2n) is 5.06. The highest BCUT2D eigenvalue weighted by Crippen LogP contribution is 2.24. The molecule has 0 spiro atoms. The van der Waals surface area contributed by atoms with Crippen LogP contribution in [0.15, 0.2) is 24.3 Å². The minimum Gasteiger partial charge on any atom is -0.493 e. The molecule has 2 atom stereocenters. The molecule has 4 heteroatoms. The van der Waals surface area contributed by atoms with E-state index in [1.54, 1.807) is 0 Å². The summed E-state index contributed by atoms with van der Waals surface area (Å²) in [6.07, 6.45) is 1.73. The third-order valence-electron chi connectivity index (χ3n) is 3.59. The molecule has 2 unspecified atom stereocenters. The van der Waals surface area contributed by atoms with E-state index < -0.39 is 0 Å². The molecular formula is C15H22N2O2. The zero-order valence-corrected chi connectivity index (χ0v) is 11.6. The van der Waals surface area contributed by atoms with Crippen LogP contribution in [0.2, 0.25) is 0 Å². The molecule has 0 bridgehead atoms. The minimum atomic E-state index is 0.0449. The number of piperidine rings is 1. The van der Waals surface area contributed by atoms with Crippen molar-refractivity contribution in [1.82, 2.24) is 4.90 Å². The van der Waals surface area contributed by atoms with Crippen LogP contribution in [-0.4, -0.2) is 36.0 Å². The lowest BCUT2D eigenvalue weighted by Crippen LogP contribution is -2.48. The number of likely N-dealkylation sites (tertiary alicyclic amines) is 1. The van der Waals surface area contributed by atoms with Crippen molar-refractivity contribution in [3.05, 3.63) is 29.8 Å². The van der Waals surface area contributed by atoms with Gasteiger partial charge in [-0.3, -0.25) is 4.79 Å². The van der Waals surface area contributed by atoms with E-state index in [-0.39, 0.29) is 18.0 Å². The molecule has 0 aromatic heterocycles. The Morgan fingerprint density at radius 2 is 2.21 bits per heavy atom. The number of carbonyl (C=O) groups is 1. The van der Waals surface area contributed by atoms with Gasteiger partial charge >= 0.3 is 0 Å². The molecular weight excluding hydrogens is 240 g/mol. The van der Waals surface area contributed by atoms with Crippen LogP contribution in [0.5, 0.6) is 5.75 Å². The Hall–Kier alpha value is -1.55. The molecule has 0 radical (unpaired) electrons. The third-order valence-corrected chi connectivity index (χ3v) is 3.59. The Morgan fingerprint density at radius 1 is 1.47 bits per heavy atom. The molecule has 1 fully saturated rings. The number of nitrogens with zero attached hydrogens (tertiary/aromatic N) is 1. The van der Waals surface area contributed by atoms with Crippen molar-refractivity contribution in [2.45, 2.75) is 38.8 Å². The summed E-state index contributed by atoms with van der Waals surface area (Å²) in [6, 6.07) is 7.83. The average molecular weight is 262 g/mol. The number of rotatable bonds is 3. The Labute approximate surface area is 114 Å². The molecule has 0 saturated carbocycles. The molecule has 2 N–H and O–H groups in total. The van der Waals surface area contributed by atoms with E-state index in [9.17, 15) is 4.79 Å². The zero-order chi connectivity index (χ0) is 13.8. The number of benzene rings is 1. The van der Waals surface area contributed by atoms with Crippen molar-refractivity contribution in [1.29, 1.82) is 0 Å². The van der Waals surface area contributed by atoms with E-state index in [0.29, 0.717) is 17.9 Å². The topological polar surface area (TPSA) is 55.6 Å². The molecule has 19 heavy (non-hydrogen) atoms. The fourth-order valence-corrected chi connectivity index (χ4v) is 2.59. The highest BCUT2D eigenvalue weighted by atomic mass is 16.5. The smallest absolute Gasteiger partial charge is 0.257 e. The van der Waals surface area contributed by atoms with E-state index in [1.807, 2.05) is 36.1 Å². The predicted molar refractivity (Wildman–Crippen MR) is 75.3 cm³/mol. The SMILES string of the molecule is CCOc1ccccc1C(=O)N1CCC(N)CC1C. The van der Waals surface area contributed by atoms with Gasteiger partial charge in [-0.25, -0.2) is 0 Å². The lowest BCUT2D eigenvalue weighted by molar-refractivity contribution is 0.0615. The monoisotopic (exact) mass is 262 g/mol. The van der Waals surface area contributed by atoms with Crippen molar-refractivity contribution in [3.8, 4) is 5.75 Å². The zero-order valence-electron chi connectivity index (χ0n) is 11.6. The summed E-state index contributed by atoms with van der Waals surface area (Å²) in [7, 11) is 0. The highest BCUT2D eigenvalue weighted by Gasteiger charge is 2.28. The highest BCUT2D eigenvalue weighted by molar-refractivity contribution is 5.97. The Kier molecular flexibility index (Phi) is 4.43. The largest absolute Gasteiger partial charge is 0.493 e. The average Bonchev–Trinajstić information content (AvgIpc) is 2.39. The Bertz CT molecular complexity index is 448. The molecule has 1 aliphatic heterocycles. The number of amides is 1. The molecule has 1 aromatic carbocycles. The summed E-state index contributed by atoms with van der Waals surface area (Å²) >= 11 is 0. The van der Waals surface area contributed by atoms with E-state index in [2.05, 4.69) is 6.92 Å². The number of carbonyl (C=O) groups excluding carboxylic acids is 1. The van der Waals surface area contributed by atoms with Gasteiger partial charge in [0.15, 0.2) is 0 Å². The first-order chi connectivity index (χ1) is 9.13. The first-order valence-corrected chi connectivity index (χ1v) is 6.91. The first kappa shape index (κ1) is 13.9. The number of hydrogen-bond acceptors (Lipinski definition) is 3. The molecule has 0 aliphatic carbocycles. The van der Waals surface area contributed by atoms with Crippen LogP contribution in [0.25, 0.3) is 0 Å². The van der Waals surface area contributed by atoms with Crippen LogP contribution in [0.3, 0.4) is 0 Å². The maximum atomic E-state index is 12.6. The maximum Gasteiger partial charge on any atom is 0.257 e. The summed E-state index contributed by atoms with van der Waals surface area (Å²) in [6.45, 7) is 5.26. The predicted octanol–water partition coefficient (Wildman–Crippen LogP) is 2.04. The fraction of sp³-hybridized carbons (Fsp3) is 0.533. The van der Waals surface area contributed by atoms with Crippen molar-refractivity contribution in [2.24, 2.45) is 5.73 Å². The van der Waals surface area contributed by atoms with Gasteiger partial charge in [-0.15, -0.1) is 0 Å². The molecule has 104 valence electrons. The molecule has 2 rings (SSSR count). The third kappa shape index (κ3) is 3.07. The minimum absolute atomic E-state index is 0.0449. The Morgan fingerprint density at radius 3 is 2.89 bits per heavy atom. The molecule has 1 heterocycles. The molecule has 1 aliphatic rings. The van der Waals surface area contributed by atoms with Gasteiger partial charge in [0.2, 0.25) is 0 Å². The molecule has 4 nitrogen and oxygen atoms in total. The molecule has 1 saturated heterocycles. The summed E-state index contributed by atoms with van der Waals surface area (Å²) in [5.41, 5.74) is 6.59. The lowest BCUT2D eigenvalue weighted by atomic mass is 9.98. The standard InChI is InChI=1S/C15H22N2O2/c1-3-19-14-7-5-4-6-13(14)15(18)17-9-8-12(16)10-11(17)2/h4-7,11-12H,3,8-10,16H2,1-2H3. The van der Waals surface area contributed by atoms with E-state index >= 15 is 0 Å². The normalized spacial score (nSPS) is 23.2. The summed E-state index contributed by atoms with van der Waals surface area (Å²) in [4.78, 5) is 14.5. The van der Waals surface area contributed by atoms with Gasteiger partial charge in [0.25, 0.3) is 5.91 Å². The van der Waals surface area contributed by atoms with Crippen LogP contribution >= 0.6 is 0 Å². The van der Waals surface area contributed by atoms with Gasteiger partial charge in [0.05, 0.1) is 12.2 Å². The van der Waals surface area contributed by atoms with Crippen LogP contribution in [0.4, 0.5) is 0 Å². The van der Waals surface area contributed by atoms with Gasteiger partial charge in [-0.05, 0) is 38.8 Å². The molecule has 1 aromatic rings. The van der Waals surface area contributed by atoms with Crippen LogP contribution in [-0.2, 0) is 0 Å². The van der Waals surface area contributed by atoms with Crippen LogP contribution in [0, 0.1) is 0 Å². The number of para-hydroxylation sites is 1. The summed E-state index contributed by atoms with van der Waals surface area (Å²) in [5.74, 6) is 0.709. The second kappa shape index (κ2) is 6.06. The van der Waals surface area contributed by atoms with E-state index in [4.69, 9.17) is 10.5 Å². The lowest BCUT2D eigenvalue weighted by Gasteiger charge is -2.36. The van der Waals surface area contributed by atoms with Crippen LogP contribution in [0.1, 0.15) is 37.0 Å². The summed E-state index contributed by atoms with van der Waals surface area (Å²) < 4.78 is 5.53. The second-order valence-corrected chi connectivity index (χ2v) is 5.06. The summed E-state index contributed by atoms with van der Waals surface area (Å²) in [5, 5.41) is 0. The van der Waals surface area contributed by atoms with E-state index in [1.165, 1.54) is 0 Å². The maximum absolute atomic E-state index is 12.6. The quantitative estimate of drug-likeness (QED) is 0.907. The first-order valence-electron chi connectivity index (χ1n) is 6.91. The van der Waals surface area contributed by atoms with Gasteiger partial charge in [-0.1, -0.05) is 12.1 Å². The number of hydrogen-bond donors (Lipinski definition) is 1. The number of nitrogens with two attached hydrogens (primary N) is 1. The number of ether oxygens (including phenoxy) is 1. The Balaban J connectivity index is 2.19. The van der Waals surface area contributed by atoms with Gasteiger partial charge in [0.1, 0.15) is 5.75 Å². The van der Waals surface area contributed by atoms with Crippen molar-refractivity contribution < 1.29 is 9.53 Å². The van der Waals surface area contributed by atoms with Crippen molar-refractivity contribution in [2.75, 3.05) is 13.2 Å². The van der Waals surface area contributed by atoms with E-state index in [0.717, 1.165) is 19.4 Å². The van der Waals surface area contributed by atoms with Crippen molar-refractivity contribution >= 4 is 5.91 Å². The van der Waals surface area contributed by atoms with Gasteiger partial charge in [0, 0.05) is 18.6 Å².